The molecule has 1 heterocycles. The van der Waals surface area contributed by atoms with Crippen LogP contribution in [0.2, 0.25) is 0 Å². The van der Waals surface area contributed by atoms with Crippen LogP contribution in [0.3, 0.4) is 0 Å². The number of fused-ring (bicyclic) bond motifs is 1. The van der Waals surface area contributed by atoms with Crippen LogP contribution in [0.15, 0.2) is 34.7 Å². The molecule has 0 saturated heterocycles. The first kappa shape index (κ1) is 16.9. The minimum absolute atomic E-state index is 0.102. The number of hydrogen-bond donors (Lipinski definition) is 1. The van der Waals surface area contributed by atoms with Crippen molar-refractivity contribution in [3.8, 4) is 0 Å². The number of amides is 1. The van der Waals surface area contributed by atoms with Crippen molar-refractivity contribution < 1.29 is 13.6 Å². The Bertz CT molecular complexity index is 681. The number of nitrogens with one attached hydrogen (secondary N) is 1. The van der Waals surface area contributed by atoms with Crippen molar-refractivity contribution in [3.05, 3.63) is 35.9 Å². The maximum absolute atomic E-state index is 11.9. The van der Waals surface area contributed by atoms with Gasteiger partial charge in [0.2, 0.25) is 0 Å². The van der Waals surface area contributed by atoms with Crippen LogP contribution in [0.25, 0.3) is 10.2 Å². The van der Waals surface area contributed by atoms with E-state index in [1.165, 1.54) is 23.1 Å². The third kappa shape index (κ3) is 4.78. The molecule has 0 unspecified atom stereocenters. The first-order valence-electron chi connectivity index (χ1n) is 6.93. The summed E-state index contributed by atoms with van der Waals surface area (Å²) in [5.41, 5.74) is 1.36. The fourth-order valence-electron chi connectivity index (χ4n) is 1.76. The molecule has 0 saturated carbocycles. The Balaban J connectivity index is 2.04. The van der Waals surface area contributed by atoms with Crippen LogP contribution in [0.5, 0.6) is 0 Å². The van der Waals surface area contributed by atoms with Gasteiger partial charge in [-0.3, -0.25) is 4.79 Å². The first-order chi connectivity index (χ1) is 10.6. The van der Waals surface area contributed by atoms with Gasteiger partial charge in [0.15, 0.2) is 4.34 Å². The van der Waals surface area contributed by atoms with Gasteiger partial charge in [0.25, 0.3) is 12.0 Å². The molecular formula is C15H16F2N2OS2. The lowest BCUT2D eigenvalue weighted by Gasteiger charge is -2.02. The lowest BCUT2D eigenvalue weighted by atomic mass is 10.2. The van der Waals surface area contributed by atoms with Crippen LogP contribution < -0.4 is 5.32 Å². The number of aromatic nitrogens is 1. The summed E-state index contributed by atoms with van der Waals surface area (Å²) in [6, 6.07) is 5.42. The molecule has 0 atom stereocenters. The van der Waals surface area contributed by atoms with Crippen LogP contribution >= 0.6 is 23.1 Å². The number of carbonyl (C=O) groups excluding carboxylic acids is 1. The molecular weight excluding hydrogens is 326 g/mol. The van der Waals surface area contributed by atoms with E-state index < -0.39 is 6.08 Å². The molecule has 0 radical (unpaired) electrons. The summed E-state index contributed by atoms with van der Waals surface area (Å²) in [4.78, 5) is 16.4. The Labute approximate surface area is 135 Å². The van der Waals surface area contributed by atoms with Gasteiger partial charge in [-0.1, -0.05) is 18.7 Å². The molecule has 1 aromatic carbocycles. The second-order valence-electron chi connectivity index (χ2n) is 4.55. The van der Waals surface area contributed by atoms with E-state index in [1.807, 2.05) is 13.0 Å². The lowest BCUT2D eigenvalue weighted by Crippen LogP contribution is -2.23. The number of nitrogens with zero attached hydrogens (tertiary/aromatic N) is 1. The van der Waals surface area contributed by atoms with Gasteiger partial charge in [0, 0.05) is 17.9 Å². The van der Waals surface area contributed by atoms with Gasteiger partial charge < -0.3 is 5.32 Å². The first-order valence-corrected chi connectivity index (χ1v) is 8.73. The Morgan fingerprint density at radius 3 is 3.00 bits per heavy atom. The van der Waals surface area contributed by atoms with E-state index in [1.54, 1.807) is 12.1 Å². The Kier molecular flexibility index (Phi) is 6.33. The second-order valence-corrected chi connectivity index (χ2v) is 6.92. The Morgan fingerprint density at radius 2 is 2.27 bits per heavy atom. The van der Waals surface area contributed by atoms with Crippen LogP contribution in [-0.4, -0.2) is 23.2 Å². The number of rotatable bonds is 7. The molecule has 0 aliphatic carbocycles. The van der Waals surface area contributed by atoms with E-state index in [-0.39, 0.29) is 5.91 Å². The van der Waals surface area contributed by atoms with Gasteiger partial charge in [-0.15, -0.1) is 11.3 Å². The molecule has 7 heteroatoms. The van der Waals surface area contributed by atoms with Gasteiger partial charge in [-0.05, 0) is 37.1 Å². The van der Waals surface area contributed by atoms with Crippen LogP contribution in [-0.2, 0) is 0 Å². The van der Waals surface area contributed by atoms with Crippen molar-refractivity contribution in [1.29, 1.82) is 0 Å². The zero-order chi connectivity index (χ0) is 15.9. The number of carbonyl (C=O) groups is 1. The van der Waals surface area contributed by atoms with E-state index in [9.17, 15) is 13.6 Å². The molecule has 0 spiro atoms. The summed E-state index contributed by atoms with van der Waals surface area (Å²) in [6.07, 6.45) is 0.469. The number of halogens is 2. The Morgan fingerprint density at radius 1 is 1.45 bits per heavy atom. The van der Waals surface area contributed by atoms with E-state index in [2.05, 4.69) is 10.3 Å². The molecule has 1 N–H and O–H groups in total. The third-order valence-electron chi connectivity index (χ3n) is 2.81. The van der Waals surface area contributed by atoms with Crippen molar-refractivity contribution in [2.24, 2.45) is 0 Å². The molecule has 3 nitrogen and oxygen atoms in total. The van der Waals surface area contributed by atoms with Gasteiger partial charge in [0.1, 0.15) is 0 Å². The van der Waals surface area contributed by atoms with E-state index in [0.29, 0.717) is 24.3 Å². The van der Waals surface area contributed by atoms with Crippen molar-refractivity contribution in [2.75, 3.05) is 12.3 Å². The summed E-state index contributed by atoms with van der Waals surface area (Å²) in [6.45, 7) is 2.64. The highest BCUT2D eigenvalue weighted by Gasteiger charge is 2.09. The predicted molar refractivity (Wildman–Crippen MR) is 87.9 cm³/mol. The number of thioether (sulfide) groups is 1. The smallest absolute Gasteiger partial charge is 0.266 e. The predicted octanol–water partition coefficient (Wildman–Crippen LogP) is 4.70. The summed E-state index contributed by atoms with van der Waals surface area (Å²) in [5.74, 6) is 0.454. The maximum Gasteiger partial charge on any atom is 0.266 e. The fourth-order valence-corrected chi connectivity index (χ4v) is 3.77. The maximum atomic E-state index is 11.9. The molecule has 0 aliphatic rings. The molecule has 2 aromatic rings. The molecule has 0 aliphatic heterocycles. The number of hydrogen-bond acceptors (Lipinski definition) is 4. The number of thiazole rings is 1. The van der Waals surface area contributed by atoms with Crippen molar-refractivity contribution >= 4 is 39.2 Å². The highest BCUT2D eigenvalue weighted by atomic mass is 32.2. The second kappa shape index (κ2) is 8.24. The highest BCUT2D eigenvalue weighted by Crippen LogP contribution is 2.30. The van der Waals surface area contributed by atoms with Crippen LogP contribution in [0.1, 0.15) is 30.1 Å². The van der Waals surface area contributed by atoms with Gasteiger partial charge >= 0.3 is 0 Å². The molecule has 0 bridgehead atoms. The quantitative estimate of drug-likeness (QED) is 0.586. The zero-order valence-corrected chi connectivity index (χ0v) is 13.7. The number of benzene rings is 1. The summed E-state index contributed by atoms with van der Waals surface area (Å²) < 4.78 is 25.7. The topological polar surface area (TPSA) is 42.0 Å². The van der Waals surface area contributed by atoms with Gasteiger partial charge in [-0.25, -0.2) is 4.98 Å². The summed E-state index contributed by atoms with van der Waals surface area (Å²) in [5, 5.41) is 2.83. The van der Waals surface area contributed by atoms with E-state index in [0.717, 1.165) is 27.1 Å². The third-order valence-corrected chi connectivity index (χ3v) is 5.02. The minimum atomic E-state index is -1.65. The summed E-state index contributed by atoms with van der Waals surface area (Å²) >= 11 is 2.95. The number of allylic oxidation sites excluding steroid dienone is 1. The van der Waals surface area contributed by atoms with Gasteiger partial charge in [-0.2, -0.15) is 8.78 Å². The zero-order valence-electron chi connectivity index (χ0n) is 12.1. The monoisotopic (exact) mass is 342 g/mol. The molecule has 1 amide bonds. The van der Waals surface area contributed by atoms with Gasteiger partial charge in [0.05, 0.1) is 10.2 Å². The average Bonchev–Trinajstić information content (AvgIpc) is 2.90. The standard InChI is InChI=1S/C15H16F2N2OS2/c1-2-7-18-14(20)10-5-6-12-11(9-10)19-15(22-12)21-8-3-4-13(16)17/h4-6,9H,2-3,7-8H2,1H3,(H,18,20). The largest absolute Gasteiger partial charge is 0.352 e. The van der Waals surface area contributed by atoms with Crippen LogP contribution in [0.4, 0.5) is 8.78 Å². The SMILES string of the molecule is CCCNC(=O)c1ccc2sc(SCCC=C(F)F)nc2c1. The molecule has 0 fully saturated rings. The van der Waals surface area contributed by atoms with Crippen molar-refractivity contribution in [3.63, 3.8) is 0 Å². The minimum Gasteiger partial charge on any atom is -0.352 e. The van der Waals surface area contributed by atoms with Crippen LogP contribution in [0, 0.1) is 0 Å². The fraction of sp³-hybridized carbons (Fsp3) is 0.333. The normalized spacial score (nSPS) is 10.7. The van der Waals surface area contributed by atoms with E-state index >= 15 is 0 Å². The molecule has 1 aromatic heterocycles. The van der Waals surface area contributed by atoms with Crippen molar-refractivity contribution in [1.82, 2.24) is 10.3 Å². The Hall–Kier alpha value is -1.47. The molecule has 118 valence electrons. The lowest BCUT2D eigenvalue weighted by molar-refractivity contribution is 0.0954. The molecule has 22 heavy (non-hydrogen) atoms. The highest BCUT2D eigenvalue weighted by molar-refractivity contribution is 8.01. The van der Waals surface area contributed by atoms with Crippen molar-refractivity contribution in [2.45, 2.75) is 24.1 Å². The molecule has 2 rings (SSSR count). The average molecular weight is 342 g/mol. The summed E-state index contributed by atoms with van der Waals surface area (Å²) in [7, 11) is 0. The van der Waals surface area contributed by atoms with E-state index in [4.69, 9.17) is 0 Å².